The fraction of sp³-hybridized carbons (Fsp3) is 0.909. The van der Waals surface area contributed by atoms with Crippen molar-refractivity contribution in [3.63, 3.8) is 0 Å². The number of carbonyl (C=O) groups is 1. The van der Waals surface area contributed by atoms with E-state index >= 15 is 0 Å². The summed E-state index contributed by atoms with van der Waals surface area (Å²) in [6.45, 7) is 7.94. The van der Waals surface area contributed by atoms with E-state index in [-0.39, 0.29) is 5.91 Å². The van der Waals surface area contributed by atoms with Crippen molar-refractivity contribution in [2.75, 3.05) is 45.9 Å². The van der Waals surface area contributed by atoms with Crippen LogP contribution < -0.4 is 0 Å². The molecule has 0 aromatic carbocycles. The van der Waals surface area contributed by atoms with E-state index in [0.29, 0.717) is 19.8 Å². The van der Waals surface area contributed by atoms with Crippen LogP contribution in [-0.2, 0) is 9.53 Å². The molecule has 0 radical (unpaired) electrons. The van der Waals surface area contributed by atoms with Crippen molar-refractivity contribution in [1.29, 1.82) is 0 Å². The minimum Gasteiger partial charge on any atom is -0.378 e. The maximum Gasteiger partial charge on any atom is 0.236 e. The second-order valence-corrected chi connectivity index (χ2v) is 4.62. The molecule has 2 rings (SSSR count). The van der Waals surface area contributed by atoms with Crippen LogP contribution in [-0.4, -0.2) is 61.6 Å². The lowest BCUT2D eigenvalue weighted by Crippen LogP contribution is -2.45. The molecule has 4 heteroatoms. The van der Waals surface area contributed by atoms with Gasteiger partial charge in [-0.2, -0.15) is 0 Å². The summed E-state index contributed by atoms with van der Waals surface area (Å²) in [5, 5.41) is 0. The number of hydrogen-bond acceptors (Lipinski definition) is 3. The molecule has 1 amide bonds. The molecule has 1 atom stereocenters. The van der Waals surface area contributed by atoms with Gasteiger partial charge in [-0.15, -0.1) is 0 Å². The molecule has 0 aliphatic carbocycles. The number of nitrogens with zero attached hydrogens (tertiary/aromatic N) is 2. The summed E-state index contributed by atoms with van der Waals surface area (Å²) in [7, 11) is 0. The van der Waals surface area contributed by atoms with Crippen LogP contribution >= 0.6 is 0 Å². The lowest BCUT2D eigenvalue weighted by molar-refractivity contribution is -0.136. The number of likely N-dealkylation sites (tertiary alicyclic amines) is 1. The standard InChI is InChI=1S/C11H20N2O2/c1-10-2-3-12(8-10)9-11(14)13-4-6-15-7-5-13/h10H,2-9H2,1H3. The number of rotatable bonds is 2. The molecule has 2 fully saturated rings. The van der Waals surface area contributed by atoms with Gasteiger partial charge in [-0.25, -0.2) is 0 Å². The van der Waals surface area contributed by atoms with Crippen molar-refractivity contribution >= 4 is 5.91 Å². The highest BCUT2D eigenvalue weighted by molar-refractivity contribution is 5.78. The minimum atomic E-state index is 0.271. The first-order chi connectivity index (χ1) is 7.25. The van der Waals surface area contributed by atoms with Crippen LogP contribution in [0.3, 0.4) is 0 Å². The van der Waals surface area contributed by atoms with E-state index in [0.717, 1.165) is 32.1 Å². The van der Waals surface area contributed by atoms with Gasteiger partial charge in [-0.05, 0) is 18.9 Å². The monoisotopic (exact) mass is 212 g/mol. The van der Waals surface area contributed by atoms with Crippen molar-refractivity contribution in [2.24, 2.45) is 5.92 Å². The molecule has 0 N–H and O–H groups in total. The van der Waals surface area contributed by atoms with E-state index in [1.165, 1.54) is 6.42 Å². The van der Waals surface area contributed by atoms with Crippen molar-refractivity contribution < 1.29 is 9.53 Å². The van der Waals surface area contributed by atoms with Gasteiger partial charge in [0.05, 0.1) is 19.8 Å². The van der Waals surface area contributed by atoms with Crippen LogP contribution in [0.2, 0.25) is 0 Å². The van der Waals surface area contributed by atoms with Gasteiger partial charge >= 0.3 is 0 Å². The minimum absolute atomic E-state index is 0.271. The summed E-state index contributed by atoms with van der Waals surface area (Å²) in [5.41, 5.74) is 0. The van der Waals surface area contributed by atoms with Crippen LogP contribution in [0.5, 0.6) is 0 Å². The largest absolute Gasteiger partial charge is 0.378 e. The number of ether oxygens (including phenoxy) is 1. The molecular weight excluding hydrogens is 192 g/mol. The number of amides is 1. The SMILES string of the molecule is CC1CCN(CC(=O)N2CCOCC2)C1. The predicted molar refractivity (Wildman–Crippen MR) is 57.6 cm³/mol. The molecule has 0 aromatic heterocycles. The van der Waals surface area contributed by atoms with Gasteiger partial charge in [0.2, 0.25) is 5.91 Å². The molecule has 0 saturated carbocycles. The first-order valence-electron chi connectivity index (χ1n) is 5.83. The zero-order chi connectivity index (χ0) is 10.7. The Hall–Kier alpha value is -0.610. The normalized spacial score (nSPS) is 28.3. The molecule has 2 aliphatic heterocycles. The summed E-state index contributed by atoms with van der Waals surface area (Å²) < 4.78 is 5.23. The van der Waals surface area contributed by atoms with E-state index < -0.39 is 0 Å². The Morgan fingerprint density at radius 1 is 1.33 bits per heavy atom. The number of hydrogen-bond donors (Lipinski definition) is 0. The quantitative estimate of drug-likeness (QED) is 0.655. The summed E-state index contributed by atoms with van der Waals surface area (Å²) in [4.78, 5) is 16.1. The molecule has 86 valence electrons. The Morgan fingerprint density at radius 2 is 2.07 bits per heavy atom. The lowest BCUT2D eigenvalue weighted by Gasteiger charge is -2.28. The summed E-state index contributed by atoms with van der Waals surface area (Å²) in [6.07, 6.45) is 1.23. The number of morpholine rings is 1. The fourth-order valence-corrected chi connectivity index (χ4v) is 2.27. The highest BCUT2D eigenvalue weighted by Crippen LogP contribution is 2.14. The van der Waals surface area contributed by atoms with Crippen LogP contribution in [0, 0.1) is 5.92 Å². The molecule has 0 aromatic rings. The molecule has 4 nitrogen and oxygen atoms in total. The average Bonchev–Trinajstić information content (AvgIpc) is 2.65. The maximum atomic E-state index is 11.9. The van der Waals surface area contributed by atoms with Gasteiger partial charge in [0.15, 0.2) is 0 Å². The summed E-state index contributed by atoms with van der Waals surface area (Å²) in [6, 6.07) is 0. The van der Waals surface area contributed by atoms with Gasteiger partial charge < -0.3 is 9.64 Å². The second kappa shape index (κ2) is 4.94. The van der Waals surface area contributed by atoms with Gasteiger partial charge in [-0.1, -0.05) is 6.92 Å². The Balaban J connectivity index is 1.76. The molecule has 2 saturated heterocycles. The van der Waals surface area contributed by atoms with Crippen molar-refractivity contribution in [3.05, 3.63) is 0 Å². The van der Waals surface area contributed by atoms with E-state index in [1.54, 1.807) is 0 Å². The Labute approximate surface area is 91.2 Å². The van der Waals surface area contributed by atoms with Crippen LogP contribution in [0.1, 0.15) is 13.3 Å². The summed E-state index contributed by atoms with van der Waals surface area (Å²) >= 11 is 0. The smallest absolute Gasteiger partial charge is 0.236 e. The first-order valence-corrected chi connectivity index (χ1v) is 5.83. The van der Waals surface area contributed by atoms with Crippen LogP contribution in [0.25, 0.3) is 0 Å². The third-order valence-corrected chi connectivity index (χ3v) is 3.23. The fourth-order valence-electron chi connectivity index (χ4n) is 2.27. The third kappa shape index (κ3) is 2.92. The van der Waals surface area contributed by atoms with E-state index in [9.17, 15) is 4.79 Å². The van der Waals surface area contributed by atoms with Crippen LogP contribution in [0.4, 0.5) is 0 Å². The van der Waals surface area contributed by atoms with E-state index in [4.69, 9.17) is 4.74 Å². The van der Waals surface area contributed by atoms with Gasteiger partial charge in [-0.3, -0.25) is 9.69 Å². The van der Waals surface area contributed by atoms with Crippen molar-refractivity contribution in [3.8, 4) is 0 Å². The molecular formula is C11H20N2O2. The summed E-state index contributed by atoms with van der Waals surface area (Å²) in [5.74, 6) is 1.02. The molecule has 0 spiro atoms. The van der Waals surface area contributed by atoms with E-state index in [2.05, 4.69) is 11.8 Å². The third-order valence-electron chi connectivity index (χ3n) is 3.23. The highest BCUT2D eigenvalue weighted by Gasteiger charge is 2.23. The zero-order valence-corrected chi connectivity index (χ0v) is 9.45. The zero-order valence-electron chi connectivity index (χ0n) is 9.45. The van der Waals surface area contributed by atoms with Gasteiger partial charge in [0, 0.05) is 19.6 Å². The van der Waals surface area contributed by atoms with Crippen molar-refractivity contribution in [1.82, 2.24) is 9.80 Å². The Bertz CT molecular complexity index is 227. The average molecular weight is 212 g/mol. The molecule has 2 aliphatic rings. The maximum absolute atomic E-state index is 11.9. The molecule has 0 bridgehead atoms. The van der Waals surface area contributed by atoms with Gasteiger partial charge in [0.25, 0.3) is 0 Å². The lowest BCUT2D eigenvalue weighted by atomic mass is 10.2. The first kappa shape index (κ1) is 10.9. The second-order valence-electron chi connectivity index (χ2n) is 4.62. The Kier molecular flexibility index (Phi) is 3.59. The molecule has 15 heavy (non-hydrogen) atoms. The molecule has 1 unspecified atom stereocenters. The predicted octanol–water partition coefficient (Wildman–Crippen LogP) is 0.187. The molecule has 2 heterocycles. The highest BCUT2D eigenvalue weighted by atomic mass is 16.5. The number of carbonyl (C=O) groups excluding carboxylic acids is 1. The van der Waals surface area contributed by atoms with Crippen molar-refractivity contribution in [2.45, 2.75) is 13.3 Å². The Morgan fingerprint density at radius 3 is 2.67 bits per heavy atom. The topological polar surface area (TPSA) is 32.8 Å². The van der Waals surface area contributed by atoms with Crippen LogP contribution in [0.15, 0.2) is 0 Å². The van der Waals surface area contributed by atoms with Gasteiger partial charge in [0.1, 0.15) is 0 Å². The van der Waals surface area contributed by atoms with E-state index in [1.807, 2.05) is 4.90 Å².